The number of fused-ring (bicyclic) bond motifs is 3. The Morgan fingerprint density at radius 3 is 2.72 bits per heavy atom. The lowest BCUT2D eigenvalue weighted by atomic mass is 10.1. The number of para-hydroxylation sites is 1. The average Bonchev–Trinajstić information content (AvgIpc) is 2.76. The monoisotopic (exact) mass is 242 g/mol. The zero-order chi connectivity index (χ0) is 12.7. The number of nitro benzene ring substituents is 1. The van der Waals surface area contributed by atoms with Crippen molar-refractivity contribution in [3.63, 3.8) is 0 Å². The summed E-state index contributed by atoms with van der Waals surface area (Å²) in [6.07, 6.45) is 0. The maximum atomic E-state index is 11.0. The number of non-ortho nitro benzene ring substituents is 1. The normalized spacial score (nSPS) is 10.9. The Morgan fingerprint density at radius 1 is 1.22 bits per heavy atom. The van der Waals surface area contributed by atoms with Crippen LogP contribution in [0.3, 0.4) is 0 Å². The minimum Gasteiger partial charge on any atom is -0.496 e. The molecule has 0 spiro atoms. The van der Waals surface area contributed by atoms with E-state index in [0.717, 1.165) is 16.3 Å². The summed E-state index contributed by atoms with van der Waals surface area (Å²) in [7, 11) is 1.56. The lowest BCUT2D eigenvalue weighted by Crippen LogP contribution is -1.91. The first-order valence-electron chi connectivity index (χ1n) is 5.44. The van der Waals surface area contributed by atoms with Crippen LogP contribution in [0, 0.1) is 10.1 Å². The van der Waals surface area contributed by atoms with E-state index in [9.17, 15) is 10.1 Å². The van der Waals surface area contributed by atoms with Crippen molar-refractivity contribution in [2.45, 2.75) is 0 Å². The number of aromatic nitrogens is 1. The second kappa shape index (κ2) is 3.73. The summed E-state index contributed by atoms with van der Waals surface area (Å²) in [6, 6.07) is 10.7. The first kappa shape index (κ1) is 10.6. The first-order chi connectivity index (χ1) is 8.72. The topological polar surface area (TPSA) is 68.2 Å². The third-order valence-electron chi connectivity index (χ3n) is 3.02. The molecule has 90 valence electrons. The lowest BCUT2D eigenvalue weighted by molar-refractivity contribution is -0.383. The van der Waals surface area contributed by atoms with Gasteiger partial charge in [-0.05, 0) is 12.1 Å². The van der Waals surface area contributed by atoms with Crippen molar-refractivity contribution in [2.75, 3.05) is 7.11 Å². The fraction of sp³-hybridized carbons (Fsp3) is 0.0769. The highest BCUT2D eigenvalue weighted by atomic mass is 16.6. The third-order valence-corrected chi connectivity index (χ3v) is 3.02. The molecule has 0 saturated carbocycles. The SMILES string of the molecule is COc1ccc([N+](=O)[O-])c2[nH]c3ccccc3c12. The first-order valence-corrected chi connectivity index (χ1v) is 5.44. The van der Waals surface area contributed by atoms with Gasteiger partial charge in [-0.1, -0.05) is 18.2 Å². The van der Waals surface area contributed by atoms with E-state index in [2.05, 4.69) is 4.98 Å². The molecule has 0 aliphatic rings. The average molecular weight is 242 g/mol. The van der Waals surface area contributed by atoms with Crippen LogP contribution in [0.1, 0.15) is 0 Å². The third kappa shape index (κ3) is 1.34. The largest absolute Gasteiger partial charge is 0.496 e. The Balaban J connectivity index is 2.55. The predicted octanol–water partition coefficient (Wildman–Crippen LogP) is 3.24. The van der Waals surface area contributed by atoms with Gasteiger partial charge < -0.3 is 9.72 Å². The number of benzene rings is 2. The number of rotatable bonds is 2. The molecular weight excluding hydrogens is 232 g/mol. The molecule has 0 saturated heterocycles. The standard InChI is InChI=1S/C13H10N2O3/c1-18-11-7-6-10(15(16)17)13-12(11)8-4-2-3-5-9(8)14-13/h2-7,14H,1H3. The molecule has 0 aliphatic carbocycles. The molecule has 2 aromatic carbocycles. The van der Waals surface area contributed by atoms with E-state index in [0.29, 0.717) is 11.3 Å². The van der Waals surface area contributed by atoms with E-state index in [1.807, 2.05) is 24.3 Å². The van der Waals surface area contributed by atoms with E-state index >= 15 is 0 Å². The Bertz CT molecular complexity index is 761. The highest BCUT2D eigenvalue weighted by molar-refractivity contribution is 6.13. The van der Waals surface area contributed by atoms with E-state index in [1.54, 1.807) is 13.2 Å². The van der Waals surface area contributed by atoms with Crippen molar-refractivity contribution >= 4 is 27.5 Å². The van der Waals surface area contributed by atoms with Crippen molar-refractivity contribution < 1.29 is 9.66 Å². The Hall–Kier alpha value is -2.56. The zero-order valence-electron chi connectivity index (χ0n) is 9.64. The molecule has 5 nitrogen and oxygen atoms in total. The van der Waals surface area contributed by atoms with Crippen LogP contribution in [0.25, 0.3) is 21.8 Å². The zero-order valence-corrected chi connectivity index (χ0v) is 9.64. The second-order valence-electron chi connectivity index (χ2n) is 3.96. The van der Waals surface area contributed by atoms with Gasteiger partial charge in [-0.2, -0.15) is 0 Å². The molecule has 0 unspecified atom stereocenters. The van der Waals surface area contributed by atoms with Crippen LogP contribution in [0.2, 0.25) is 0 Å². The van der Waals surface area contributed by atoms with Crippen molar-refractivity contribution in [3.8, 4) is 5.75 Å². The minimum absolute atomic E-state index is 0.0574. The van der Waals surface area contributed by atoms with Crippen molar-refractivity contribution in [3.05, 3.63) is 46.5 Å². The van der Waals surface area contributed by atoms with Gasteiger partial charge in [-0.3, -0.25) is 10.1 Å². The molecule has 0 atom stereocenters. The highest BCUT2D eigenvalue weighted by Crippen LogP contribution is 2.37. The van der Waals surface area contributed by atoms with Crippen molar-refractivity contribution in [2.24, 2.45) is 0 Å². The van der Waals surface area contributed by atoms with Crippen LogP contribution in [-0.2, 0) is 0 Å². The molecule has 0 fully saturated rings. The van der Waals surface area contributed by atoms with Crippen LogP contribution in [0.4, 0.5) is 5.69 Å². The number of nitrogens with one attached hydrogen (secondary N) is 1. The fourth-order valence-electron chi connectivity index (χ4n) is 2.23. The van der Waals surface area contributed by atoms with Gasteiger partial charge in [0, 0.05) is 17.0 Å². The van der Waals surface area contributed by atoms with Gasteiger partial charge in [0.1, 0.15) is 11.3 Å². The summed E-state index contributed by atoms with van der Waals surface area (Å²) >= 11 is 0. The van der Waals surface area contributed by atoms with Gasteiger partial charge in [0.05, 0.1) is 17.4 Å². The minimum atomic E-state index is -0.392. The van der Waals surface area contributed by atoms with Crippen LogP contribution >= 0.6 is 0 Å². The molecule has 0 amide bonds. The molecule has 3 rings (SSSR count). The smallest absolute Gasteiger partial charge is 0.293 e. The van der Waals surface area contributed by atoms with Gasteiger partial charge in [0.25, 0.3) is 5.69 Å². The molecule has 0 bridgehead atoms. The summed E-state index contributed by atoms with van der Waals surface area (Å²) in [6.45, 7) is 0. The van der Waals surface area contributed by atoms with Gasteiger partial charge in [0.15, 0.2) is 0 Å². The number of aromatic amines is 1. The Morgan fingerprint density at radius 2 is 2.00 bits per heavy atom. The highest BCUT2D eigenvalue weighted by Gasteiger charge is 2.18. The van der Waals surface area contributed by atoms with E-state index in [4.69, 9.17) is 4.74 Å². The van der Waals surface area contributed by atoms with E-state index in [-0.39, 0.29) is 5.69 Å². The molecule has 1 aromatic heterocycles. The second-order valence-corrected chi connectivity index (χ2v) is 3.96. The van der Waals surface area contributed by atoms with Crippen LogP contribution in [-0.4, -0.2) is 17.0 Å². The number of ether oxygens (including phenoxy) is 1. The number of hydrogen-bond acceptors (Lipinski definition) is 3. The fourth-order valence-corrected chi connectivity index (χ4v) is 2.23. The van der Waals surface area contributed by atoms with E-state index < -0.39 is 4.92 Å². The van der Waals surface area contributed by atoms with Crippen LogP contribution in [0.5, 0.6) is 5.75 Å². The number of nitro groups is 1. The predicted molar refractivity (Wildman–Crippen MR) is 69.0 cm³/mol. The molecule has 0 radical (unpaired) electrons. The van der Waals surface area contributed by atoms with Gasteiger partial charge in [0.2, 0.25) is 0 Å². The van der Waals surface area contributed by atoms with E-state index in [1.165, 1.54) is 6.07 Å². The van der Waals surface area contributed by atoms with Gasteiger partial charge >= 0.3 is 0 Å². The molecule has 3 aromatic rings. The molecular formula is C13H10N2O3. The molecule has 5 heteroatoms. The summed E-state index contributed by atoms with van der Waals surface area (Å²) in [5.74, 6) is 0.632. The Kier molecular flexibility index (Phi) is 2.19. The summed E-state index contributed by atoms with van der Waals surface area (Å²) in [5, 5.41) is 12.7. The van der Waals surface area contributed by atoms with Gasteiger partial charge in [-0.25, -0.2) is 0 Å². The maximum Gasteiger partial charge on any atom is 0.293 e. The number of hydrogen-bond donors (Lipinski definition) is 1. The molecule has 18 heavy (non-hydrogen) atoms. The van der Waals surface area contributed by atoms with Gasteiger partial charge in [-0.15, -0.1) is 0 Å². The van der Waals surface area contributed by atoms with Crippen molar-refractivity contribution in [1.82, 2.24) is 4.98 Å². The molecule has 0 aliphatic heterocycles. The van der Waals surface area contributed by atoms with Crippen molar-refractivity contribution in [1.29, 1.82) is 0 Å². The number of methoxy groups -OCH3 is 1. The van der Waals surface area contributed by atoms with Crippen LogP contribution in [0.15, 0.2) is 36.4 Å². The van der Waals surface area contributed by atoms with Crippen LogP contribution < -0.4 is 4.74 Å². The number of nitrogens with zero attached hydrogens (tertiary/aromatic N) is 1. The quantitative estimate of drug-likeness (QED) is 0.554. The maximum absolute atomic E-state index is 11.0. The summed E-state index contributed by atoms with van der Waals surface area (Å²) < 4.78 is 5.29. The Labute approximate surface area is 102 Å². The number of H-pyrrole nitrogens is 1. The summed E-state index contributed by atoms with van der Waals surface area (Å²) in [4.78, 5) is 13.7. The molecule has 1 N–H and O–H groups in total. The lowest BCUT2D eigenvalue weighted by Gasteiger charge is -2.02. The summed E-state index contributed by atoms with van der Waals surface area (Å²) in [5.41, 5.74) is 1.42. The molecule has 1 heterocycles.